The Labute approximate surface area is 316 Å². The molecule has 4 aromatic carbocycles. The largest absolute Gasteiger partial charge is 0.459 e. The molecule has 4 aromatic rings. The van der Waals surface area contributed by atoms with Crippen molar-refractivity contribution >= 4 is 40.9 Å². The smallest absolute Gasteiger partial charge is 0.338 e. The second-order valence-corrected chi connectivity index (χ2v) is 13.6. The molecule has 3 saturated heterocycles. The van der Waals surface area contributed by atoms with Gasteiger partial charge in [-0.25, -0.2) is 14.4 Å². The minimum absolute atomic E-state index is 0.0459. The van der Waals surface area contributed by atoms with E-state index in [-0.39, 0.29) is 28.3 Å². The highest BCUT2D eigenvalue weighted by Crippen LogP contribution is 2.46. The molecule has 13 nitrogen and oxygen atoms in total. The Hall–Kier alpha value is -5.22. The normalized spacial score (nSPS) is 27.6. The predicted molar refractivity (Wildman–Crippen MR) is 196 cm³/mol. The third-order valence-corrected chi connectivity index (χ3v) is 10.1. The molecule has 0 unspecified atom stereocenters. The lowest BCUT2D eigenvalue weighted by atomic mass is 10.0. The van der Waals surface area contributed by atoms with Crippen LogP contribution in [-0.2, 0) is 23.7 Å². The van der Waals surface area contributed by atoms with Crippen LogP contribution in [0, 0.1) is 6.92 Å². The van der Waals surface area contributed by atoms with E-state index in [2.05, 4.69) is 0 Å². The molecule has 3 heterocycles. The minimum atomic E-state index is -1.87. The van der Waals surface area contributed by atoms with Gasteiger partial charge in [-0.15, -0.1) is 0 Å². The first kappa shape index (κ1) is 37.1. The summed E-state index contributed by atoms with van der Waals surface area (Å²) < 4.78 is 30.8. The highest BCUT2D eigenvalue weighted by atomic mass is 32.1. The summed E-state index contributed by atoms with van der Waals surface area (Å²) in [6.45, 7) is 0.673. The van der Waals surface area contributed by atoms with Gasteiger partial charge in [-0.2, -0.15) is 0 Å². The summed E-state index contributed by atoms with van der Waals surface area (Å²) in [5, 5.41) is 33.1. The first-order chi connectivity index (χ1) is 26.1. The molecule has 3 N–H and O–H groups in total. The van der Waals surface area contributed by atoms with Crippen LogP contribution >= 0.6 is 12.2 Å². The number of rotatable bonds is 10. The van der Waals surface area contributed by atoms with Crippen LogP contribution in [0.25, 0.3) is 0 Å². The molecule has 7 rings (SSSR count). The highest BCUT2D eigenvalue weighted by molar-refractivity contribution is 7.80. The number of hydrogen-bond donors (Lipinski definition) is 3. The van der Waals surface area contributed by atoms with Crippen molar-refractivity contribution in [1.29, 1.82) is 0 Å². The molecule has 1 spiro atoms. The second-order valence-electron chi connectivity index (χ2n) is 13.2. The average Bonchev–Trinajstić information content (AvgIpc) is 3.77. The fourth-order valence-corrected chi connectivity index (χ4v) is 7.35. The second kappa shape index (κ2) is 15.6. The molecule has 280 valence electrons. The van der Waals surface area contributed by atoms with E-state index < -0.39 is 79.7 Å². The maximum Gasteiger partial charge on any atom is 0.338 e. The number of carbonyl (C=O) groups is 3. The van der Waals surface area contributed by atoms with E-state index in [1.807, 2.05) is 31.2 Å². The SMILES string of the molecule is Cc1ccc(N2C[C@]3(O[C@H](CO)[C@@H](O)[C@@H]3O)N([C@@H]3O[C@H](COC(=O)c4ccccc4)[C@@H](OC(=O)c4ccccc4)[C@H]3OC(=O)c3ccccc3)C2=S)cc1. The molecule has 14 heteroatoms. The number of benzene rings is 4. The Bertz CT molecular complexity index is 1970. The number of nitrogens with zero attached hydrogens (tertiary/aromatic N) is 2. The molecular formula is C40H38N2O11S. The molecule has 3 fully saturated rings. The van der Waals surface area contributed by atoms with Gasteiger partial charge < -0.3 is 43.9 Å². The number of esters is 3. The van der Waals surface area contributed by atoms with Crippen LogP contribution in [0.1, 0.15) is 36.6 Å². The summed E-state index contributed by atoms with van der Waals surface area (Å²) in [5.74, 6) is -2.26. The van der Waals surface area contributed by atoms with Crippen LogP contribution in [0.3, 0.4) is 0 Å². The van der Waals surface area contributed by atoms with Gasteiger partial charge in [-0.3, -0.25) is 4.90 Å². The van der Waals surface area contributed by atoms with Crippen LogP contribution in [-0.4, -0.2) is 112 Å². The van der Waals surface area contributed by atoms with Gasteiger partial charge in [0.25, 0.3) is 0 Å². The van der Waals surface area contributed by atoms with E-state index in [4.69, 9.17) is 35.9 Å². The minimum Gasteiger partial charge on any atom is -0.459 e. The van der Waals surface area contributed by atoms with E-state index in [9.17, 15) is 29.7 Å². The van der Waals surface area contributed by atoms with Crippen LogP contribution in [0.5, 0.6) is 0 Å². The molecule has 0 radical (unpaired) electrons. The van der Waals surface area contributed by atoms with E-state index >= 15 is 0 Å². The van der Waals surface area contributed by atoms with Gasteiger partial charge >= 0.3 is 17.9 Å². The Balaban J connectivity index is 1.32. The third kappa shape index (κ3) is 7.07. The van der Waals surface area contributed by atoms with Gasteiger partial charge in [-0.05, 0) is 67.7 Å². The van der Waals surface area contributed by atoms with Crippen molar-refractivity contribution in [3.8, 4) is 0 Å². The fraction of sp³-hybridized carbons (Fsp3) is 0.300. The van der Waals surface area contributed by atoms with Gasteiger partial charge in [-0.1, -0.05) is 72.3 Å². The summed E-state index contributed by atoms with van der Waals surface area (Å²) in [6, 6.07) is 31.9. The number of thiocarbonyl (C=S) groups is 1. The van der Waals surface area contributed by atoms with Gasteiger partial charge in [0.1, 0.15) is 31.0 Å². The molecule has 3 aliphatic rings. The molecule has 0 bridgehead atoms. The number of anilines is 1. The van der Waals surface area contributed by atoms with Crippen molar-refractivity contribution in [2.24, 2.45) is 0 Å². The van der Waals surface area contributed by atoms with E-state index in [1.165, 1.54) is 4.90 Å². The van der Waals surface area contributed by atoms with Gasteiger partial charge in [0, 0.05) is 5.69 Å². The monoisotopic (exact) mass is 754 g/mol. The molecule has 54 heavy (non-hydrogen) atoms. The van der Waals surface area contributed by atoms with Crippen molar-refractivity contribution in [2.45, 2.75) is 55.5 Å². The summed E-state index contributed by atoms with van der Waals surface area (Å²) in [6.07, 6.45) is -10.1. The zero-order chi connectivity index (χ0) is 38.0. The summed E-state index contributed by atoms with van der Waals surface area (Å²) >= 11 is 6.06. The molecule has 0 aromatic heterocycles. The molecule has 8 atom stereocenters. The lowest BCUT2D eigenvalue weighted by Gasteiger charge is -2.41. The number of hydrogen-bond acceptors (Lipinski definition) is 12. The number of carbonyl (C=O) groups excluding carboxylic acids is 3. The van der Waals surface area contributed by atoms with Crippen LogP contribution in [0.2, 0.25) is 0 Å². The quantitative estimate of drug-likeness (QED) is 0.123. The average molecular weight is 755 g/mol. The Morgan fingerprint density at radius 2 is 1.28 bits per heavy atom. The van der Waals surface area contributed by atoms with Crippen molar-refractivity contribution in [1.82, 2.24) is 4.90 Å². The first-order valence-electron chi connectivity index (χ1n) is 17.3. The fourth-order valence-electron chi connectivity index (χ4n) is 6.93. The molecule has 0 amide bonds. The van der Waals surface area contributed by atoms with Crippen LogP contribution in [0.4, 0.5) is 5.69 Å². The van der Waals surface area contributed by atoms with Crippen LogP contribution < -0.4 is 4.90 Å². The van der Waals surface area contributed by atoms with Gasteiger partial charge in [0.15, 0.2) is 29.3 Å². The lowest BCUT2D eigenvalue weighted by Crippen LogP contribution is -2.62. The zero-order valence-electron chi connectivity index (χ0n) is 29.0. The number of ether oxygens (including phenoxy) is 5. The van der Waals surface area contributed by atoms with Crippen molar-refractivity contribution in [3.05, 3.63) is 138 Å². The summed E-state index contributed by atoms with van der Waals surface area (Å²) in [5.41, 5.74) is 0.345. The third-order valence-electron chi connectivity index (χ3n) is 9.71. The molecule has 0 saturated carbocycles. The van der Waals surface area contributed by atoms with Crippen molar-refractivity contribution in [3.63, 3.8) is 0 Å². The number of aryl methyl sites for hydroxylation is 1. The van der Waals surface area contributed by atoms with Crippen LogP contribution in [0.15, 0.2) is 115 Å². The van der Waals surface area contributed by atoms with Crippen molar-refractivity contribution in [2.75, 3.05) is 24.7 Å². The maximum atomic E-state index is 13.8. The standard InChI is InChI=1S/C40H38N2O11S/c1-24-17-19-28(20-18-24)41-23-40(34(45)31(44)29(21-43)53-40)42(39(41)54)35-33(52-38(48)27-15-9-4-10-16-27)32(51-37(47)26-13-7-3-8-14-26)30(50-35)22-49-36(46)25-11-5-2-6-12-25/h2-20,29-35,43-45H,21-23H2,1H3/t29-,30-,31-,32-,33-,34+,35-,40-/m1/s1. The summed E-state index contributed by atoms with van der Waals surface area (Å²) in [4.78, 5) is 43.7. The highest BCUT2D eigenvalue weighted by Gasteiger charge is 2.68. The molecular weight excluding hydrogens is 717 g/mol. The topological polar surface area (TPSA) is 165 Å². The Morgan fingerprint density at radius 1 is 0.759 bits per heavy atom. The lowest BCUT2D eigenvalue weighted by molar-refractivity contribution is -0.203. The Kier molecular flexibility index (Phi) is 10.7. The maximum absolute atomic E-state index is 13.8. The zero-order valence-corrected chi connectivity index (χ0v) is 29.9. The molecule has 0 aliphatic carbocycles. The summed E-state index contributed by atoms with van der Waals surface area (Å²) in [7, 11) is 0. The van der Waals surface area contributed by atoms with E-state index in [1.54, 1.807) is 95.9 Å². The van der Waals surface area contributed by atoms with Gasteiger partial charge in [0.2, 0.25) is 0 Å². The van der Waals surface area contributed by atoms with E-state index in [0.717, 1.165) is 5.56 Å². The van der Waals surface area contributed by atoms with Crippen molar-refractivity contribution < 1.29 is 53.4 Å². The Morgan fingerprint density at radius 3 is 1.80 bits per heavy atom. The first-order valence-corrected chi connectivity index (χ1v) is 17.7. The number of aliphatic hydroxyl groups is 3. The molecule has 3 aliphatic heterocycles. The van der Waals surface area contributed by atoms with Gasteiger partial charge in [0.05, 0.1) is 29.8 Å². The van der Waals surface area contributed by atoms with E-state index in [0.29, 0.717) is 5.69 Å². The number of aliphatic hydroxyl groups excluding tert-OH is 3. The predicted octanol–water partition coefficient (Wildman–Crippen LogP) is 3.24.